The second-order valence-corrected chi connectivity index (χ2v) is 13.7. The van der Waals surface area contributed by atoms with E-state index in [1.807, 2.05) is 42.5 Å². The number of unbranched alkanes of at least 4 members (excludes halogenated alkanes) is 2. The molecule has 0 bridgehead atoms. The number of hydrogen-bond donors (Lipinski definition) is 0. The van der Waals surface area contributed by atoms with Crippen LogP contribution in [0.4, 0.5) is 0 Å². The van der Waals surface area contributed by atoms with E-state index in [4.69, 9.17) is 19.4 Å². The number of fused-ring (bicyclic) bond motifs is 9. The Morgan fingerprint density at radius 1 is 0.392 bits per heavy atom. The molecule has 2 aromatic heterocycles. The molecule has 0 amide bonds. The number of aromatic nitrogens is 3. The summed E-state index contributed by atoms with van der Waals surface area (Å²) in [6.07, 6.45) is 6.90. The SMILES string of the molecule is CCCCc1cc2c3cc(-c4nc(-c5ccccc5)nc(-c5ccccc5)n4)ccc3c3cc4oc5ccccc5c4cc3c2cc1CCCC. The second kappa shape index (κ2) is 13.1. The van der Waals surface area contributed by atoms with E-state index in [1.54, 1.807) is 0 Å². The molecule has 7 aromatic carbocycles. The number of hydrogen-bond acceptors (Lipinski definition) is 4. The number of nitrogens with zero attached hydrogens (tertiary/aromatic N) is 3. The standard InChI is InChI=1S/C47H39N3O/c1-3-5-15-32-25-38-37-27-34(47-49-45(30-17-9-7-10-18-30)48-46(50-47)31-19-11-8-12-20-31)23-24-35(37)41-29-44-42(36-21-13-14-22-43(36)51-44)28-40(41)39(38)26-33(32)16-6-4-2/h7-14,17-29H,3-6,15-16H2,1-2H3. The summed E-state index contributed by atoms with van der Waals surface area (Å²) in [7, 11) is 0. The molecule has 0 radical (unpaired) electrons. The van der Waals surface area contributed by atoms with E-state index < -0.39 is 0 Å². The second-order valence-electron chi connectivity index (χ2n) is 13.7. The fraction of sp³-hybridized carbons (Fsp3) is 0.170. The summed E-state index contributed by atoms with van der Waals surface area (Å²) >= 11 is 0. The average molecular weight is 662 g/mol. The molecule has 0 saturated heterocycles. The molecule has 0 aliphatic carbocycles. The maximum atomic E-state index is 6.44. The van der Waals surface area contributed by atoms with Crippen molar-refractivity contribution >= 4 is 54.3 Å². The van der Waals surface area contributed by atoms with Gasteiger partial charge in [0.25, 0.3) is 0 Å². The van der Waals surface area contributed by atoms with Gasteiger partial charge in [0.1, 0.15) is 11.2 Å². The van der Waals surface area contributed by atoms with Gasteiger partial charge in [-0.2, -0.15) is 0 Å². The molecule has 9 rings (SSSR count). The Kier molecular flexibility index (Phi) is 8.00. The largest absolute Gasteiger partial charge is 0.456 e. The van der Waals surface area contributed by atoms with E-state index in [0.29, 0.717) is 17.5 Å². The van der Waals surface area contributed by atoms with Crippen molar-refractivity contribution in [3.05, 3.63) is 139 Å². The summed E-state index contributed by atoms with van der Waals surface area (Å²) in [5, 5.41) is 9.75. The number of furan rings is 1. The first-order valence-corrected chi connectivity index (χ1v) is 18.3. The maximum Gasteiger partial charge on any atom is 0.164 e. The lowest BCUT2D eigenvalue weighted by molar-refractivity contribution is 0.669. The molecule has 0 fully saturated rings. The molecule has 2 heterocycles. The Bertz CT molecular complexity index is 2650. The van der Waals surface area contributed by atoms with Crippen molar-refractivity contribution in [2.75, 3.05) is 0 Å². The van der Waals surface area contributed by atoms with Crippen LogP contribution in [0.5, 0.6) is 0 Å². The number of benzene rings is 7. The highest BCUT2D eigenvalue weighted by Crippen LogP contribution is 2.42. The van der Waals surface area contributed by atoms with Crippen LogP contribution in [0.15, 0.2) is 132 Å². The maximum absolute atomic E-state index is 6.44. The fourth-order valence-electron chi connectivity index (χ4n) is 7.63. The highest BCUT2D eigenvalue weighted by atomic mass is 16.3. The van der Waals surface area contributed by atoms with Crippen molar-refractivity contribution < 1.29 is 4.42 Å². The monoisotopic (exact) mass is 661 g/mol. The Morgan fingerprint density at radius 3 is 1.51 bits per heavy atom. The van der Waals surface area contributed by atoms with Gasteiger partial charge in [0.2, 0.25) is 0 Å². The fourth-order valence-corrected chi connectivity index (χ4v) is 7.63. The lowest BCUT2D eigenvalue weighted by Crippen LogP contribution is -2.00. The molecule has 9 aromatic rings. The van der Waals surface area contributed by atoms with Crippen molar-refractivity contribution in [3.8, 4) is 34.2 Å². The molecule has 248 valence electrons. The van der Waals surface area contributed by atoms with Crippen molar-refractivity contribution in [2.24, 2.45) is 0 Å². The van der Waals surface area contributed by atoms with Gasteiger partial charge < -0.3 is 4.42 Å². The first kappa shape index (κ1) is 31.1. The summed E-state index contributed by atoms with van der Waals surface area (Å²) < 4.78 is 6.44. The molecule has 0 unspecified atom stereocenters. The smallest absolute Gasteiger partial charge is 0.164 e. The molecule has 0 spiro atoms. The van der Waals surface area contributed by atoms with Gasteiger partial charge in [-0.15, -0.1) is 0 Å². The highest BCUT2D eigenvalue weighted by molar-refractivity contribution is 6.28. The summed E-state index contributed by atoms with van der Waals surface area (Å²) in [5.74, 6) is 1.99. The van der Waals surface area contributed by atoms with Crippen molar-refractivity contribution in [3.63, 3.8) is 0 Å². The number of rotatable bonds is 9. The third kappa shape index (κ3) is 5.61. The summed E-state index contributed by atoms with van der Waals surface area (Å²) in [6.45, 7) is 4.57. The summed E-state index contributed by atoms with van der Waals surface area (Å²) in [6, 6.07) is 45.1. The summed E-state index contributed by atoms with van der Waals surface area (Å²) in [5.41, 5.74) is 7.67. The van der Waals surface area contributed by atoms with Crippen LogP contribution in [0.2, 0.25) is 0 Å². The Morgan fingerprint density at radius 2 is 0.902 bits per heavy atom. The minimum absolute atomic E-state index is 0.663. The van der Waals surface area contributed by atoms with Gasteiger partial charge in [-0.3, -0.25) is 0 Å². The van der Waals surface area contributed by atoms with E-state index in [9.17, 15) is 0 Å². The molecular weight excluding hydrogens is 623 g/mol. The summed E-state index contributed by atoms with van der Waals surface area (Å²) in [4.78, 5) is 15.1. The lowest BCUT2D eigenvalue weighted by Gasteiger charge is -2.17. The van der Waals surface area contributed by atoms with Gasteiger partial charge in [-0.05, 0) is 93.4 Å². The molecule has 51 heavy (non-hydrogen) atoms. The van der Waals surface area contributed by atoms with E-state index in [-0.39, 0.29) is 0 Å². The van der Waals surface area contributed by atoms with E-state index >= 15 is 0 Å². The minimum Gasteiger partial charge on any atom is -0.456 e. The molecule has 0 saturated carbocycles. The molecule has 4 nitrogen and oxygen atoms in total. The molecule has 0 aliphatic heterocycles. The van der Waals surface area contributed by atoms with Crippen LogP contribution in [0.3, 0.4) is 0 Å². The van der Waals surface area contributed by atoms with Crippen LogP contribution < -0.4 is 0 Å². The zero-order valence-electron chi connectivity index (χ0n) is 29.1. The van der Waals surface area contributed by atoms with Gasteiger partial charge in [0.05, 0.1) is 0 Å². The lowest BCUT2D eigenvalue weighted by atomic mass is 9.87. The Hall–Kier alpha value is -5.87. The van der Waals surface area contributed by atoms with E-state index in [0.717, 1.165) is 51.5 Å². The first-order valence-electron chi connectivity index (χ1n) is 18.3. The van der Waals surface area contributed by atoms with Gasteiger partial charge >= 0.3 is 0 Å². The van der Waals surface area contributed by atoms with Crippen molar-refractivity contribution in [2.45, 2.75) is 52.4 Å². The average Bonchev–Trinajstić information content (AvgIpc) is 3.56. The quantitative estimate of drug-likeness (QED) is 0.144. The Balaban J connectivity index is 1.34. The highest BCUT2D eigenvalue weighted by Gasteiger charge is 2.18. The molecule has 0 N–H and O–H groups in total. The Labute approximate surface area is 297 Å². The van der Waals surface area contributed by atoms with Gasteiger partial charge in [-0.1, -0.05) is 130 Å². The normalized spacial score (nSPS) is 11.8. The predicted molar refractivity (Wildman–Crippen MR) is 213 cm³/mol. The number of para-hydroxylation sites is 1. The first-order chi connectivity index (χ1) is 25.2. The predicted octanol–water partition coefficient (Wildman–Crippen LogP) is 12.9. The van der Waals surface area contributed by atoms with E-state index in [1.165, 1.54) is 69.1 Å². The van der Waals surface area contributed by atoms with Crippen LogP contribution in [-0.2, 0) is 12.8 Å². The van der Waals surface area contributed by atoms with Crippen LogP contribution in [-0.4, -0.2) is 15.0 Å². The van der Waals surface area contributed by atoms with Crippen molar-refractivity contribution in [1.29, 1.82) is 0 Å². The third-order valence-electron chi connectivity index (χ3n) is 10.3. The van der Waals surface area contributed by atoms with Gasteiger partial charge in [0, 0.05) is 27.5 Å². The van der Waals surface area contributed by atoms with Crippen LogP contribution in [0, 0.1) is 0 Å². The van der Waals surface area contributed by atoms with Gasteiger partial charge in [-0.25, -0.2) is 15.0 Å². The van der Waals surface area contributed by atoms with Crippen LogP contribution in [0.25, 0.3) is 88.4 Å². The number of aryl methyl sites for hydroxylation is 2. The topological polar surface area (TPSA) is 51.8 Å². The van der Waals surface area contributed by atoms with Crippen molar-refractivity contribution in [1.82, 2.24) is 15.0 Å². The van der Waals surface area contributed by atoms with Gasteiger partial charge in [0.15, 0.2) is 17.5 Å². The third-order valence-corrected chi connectivity index (χ3v) is 10.3. The van der Waals surface area contributed by atoms with E-state index in [2.05, 4.69) is 98.8 Å². The van der Waals surface area contributed by atoms with Crippen LogP contribution >= 0.6 is 0 Å². The zero-order valence-corrected chi connectivity index (χ0v) is 29.1. The minimum atomic E-state index is 0.663. The molecule has 0 aliphatic rings. The molecule has 4 heteroatoms. The molecule has 0 atom stereocenters. The van der Waals surface area contributed by atoms with Crippen LogP contribution in [0.1, 0.15) is 50.7 Å². The molecular formula is C47H39N3O. The zero-order chi connectivity index (χ0) is 34.3.